The van der Waals surface area contributed by atoms with E-state index < -0.39 is 56.7 Å². The molecule has 10 nitrogen and oxygen atoms in total. The Balaban J connectivity index is 1.85. The number of fused-ring (bicyclic) bond motifs is 1. The number of rotatable bonds is 7. The molecule has 3 rings (SSSR count). The van der Waals surface area contributed by atoms with Crippen LogP contribution in [0.2, 0.25) is 0 Å². The van der Waals surface area contributed by atoms with Crippen molar-refractivity contribution in [3.05, 3.63) is 41.6 Å². The molecule has 1 N–H and O–H groups in total. The predicted molar refractivity (Wildman–Crippen MR) is 117 cm³/mol. The lowest BCUT2D eigenvalue weighted by atomic mass is 10.0. The predicted octanol–water partition coefficient (Wildman–Crippen LogP) is 1.13. The van der Waals surface area contributed by atoms with Gasteiger partial charge in [-0.1, -0.05) is 18.2 Å². The molecule has 0 radical (unpaired) electrons. The smallest absolute Gasteiger partial charge is 0.355 e. The van der Waals surface area contributed by atoms with E-state index in [2.05, 4.69) is 5.32 Å². The number of carbonyl (C=O) groups excluding carboxylic acids is 3. The minimum Gasteiger partial charge on any atom is -0.484 e. The number of carbonyl (C=O) groups is 3. The molecule has 0 saturated carbocycles. The topological polar surface area (TPSA) is 128 Å². The summed E-state index contributed by atoms with van der Waals surface area (Å²) in [7, 11) is -4.12. The van der Waals surface area contributed by atoms with Crippen molar-refractivity contribution in [1.29, 1.82) is 0 Å². The number of amides is 2. The highest BCUT2D eigenvalue weighted by atomic mass is 32.2. The molecule has 2 amide bonds. The fourth-order valence-corrected chi connectivity index (χ4v) is 5.93. The highest BCUT2D eigenvalue weighted by Crippen LogP contribution is 2.41. The number of ether oxygens (including phenoxy) is 3. The summed E-state index contributed by atoms with van der Waals surface area (Å²) in [5, 5.41) is 0.920. The van der Waals surface area contributed by atoms with Crippen molar-refractivity contribution in [3.8, 4) is 5.75 Å². The first-order valence-electron chi connectivity index (χ1n) is 10.5. The van der Waals surface area contributed by atoms with Crippen molar-refractivity contribution in [2.24, 2.45) is 0 Å². The molecule has 3 atom stereocenters. The molecule has 2 aliphatic rings. The van der Waals surface area contributed by atoms with Crippen LogP contribution in [0.15, 0.2) is 41.6 Å². The normalized spacial score (nSPS) is 24.0. The van der Waals surface area contributed by atoms with Crippen LogP contribution in [-0.2, 0) is 33.7 Å². The molecule has 0 bridgehead atoms. The number of sulfone groups is 1. The van der Waals surface area contributed by atoms with Crippen molar-refractivity contribution >= 4 is 27.6 Å². The summed E-state index contributed by atoms with van der Waals surface area (Å²) in [4.78, 5) is 39.0. The molecule has 1 saturated heterocycles. The van der Waals surface area contributed by atoms with Gasteiger partial charge in [0.05, 0.1) is 0 Å². The van der Waals surface area contributed by atoms with Crippen LogP contribution in [0.5, 0.6) is 5.75 Å². The monoisotopic (exact) mass is 480 g/mol. The van der Waals surface area contributed by atoms with Crippen LogP contribution in [-0.4, -0.2) is 66.8 Å². The minimum absolute atomic E-state index is 0.0610. The fourth-order valence-electron chi connectivity index (χ4n) is 3.68. The Kier molecular flexibility index (Phi) is 6.85. The molecule has 2 aliphatic heterocycles. The van der Waals surface area contributed by atoms with Gasteiger partial charge in [0.25, 0.3) is 11.8 Å². The van der Waals surface area contributed by atoms with E-state index in [1.807, 2.05) is 0 Å². The van der Waals surface area contributed by atoms with E-state index in [9.17, 15) is 22.8 Å². The zero-order valence-corrected chi connectivity index (χ0v) is 20.0. The minimum atomic E-state index is -4.12. The van der Waals surface area contributed by atoms with E-state index in [1.54, 1.807) is 58.0 Å². The van der Waals surface area contributed by atoms with Crippen LogP contribution in [0.3, 0.4) is 0 Å². The molecular weight excluding hydrogens is 452 g/mol. The summed E-state index contributed by atoms with van der Waals surface area (Å²) in [6, 6.07) is 7.18. The summed E-state index contributed by atoms with van der Waals surface area (Å²) in [5.41, 5.74) is -2.43. The zero-order chi connectivity index (χ0) is 24.6. The second-order valence-corrected chi connectivity index (χ2v) is 10.7. The lowest BCUT2D eigenvalue weighted by Gasteiger charge is -2.50. The van der Waals surface area contributed by atoms with Gasteiger partial charge in [0.1, 0.15) is 23.1 Å². The van der Waals surface area contributed by atoms with Gasteiger partial charge in [-0.2, -0.15) is 0 Å². The third-order valence-corrected chi connectivity index (χ3v) is 7.23. The number of esters is 1. The van der Waals surface area contributed by atoms with Gasteiger partial charge in [-0.05, 0) is 46.8 Å². The quantitative estimate of drug-likeness (QED) is 0.454. The summed E-state index contributed by atoms with van der Waals surface area (Å²) in [6.45, 7) is 7.66. The average molecular weight is 481 g/mol. The maximum atomic E-state index is 13.3. The van der Waals surface area contributed by atoms with Crippen LogP contribution in [0.25, 0.3) is 0 Å². The first-order chi connectivity index (χ1) is 15.4. The van der Waals surface area contributed by atoms with Crippen LogP contribution < -0.4 is 10.1 Å². The molecule has 2 heterocycles. The number of nitrogens with one attached hydrogen (secondary N) is 1. The molecule has 1 unspecified atom stereocenters. The summed E-state index contributed by atoms with van der Waals surface area (Å²) < 4.78 is 42.7. The van der Waals surface area contributed by atoms with E-state index in [0.717, 1.165) is 4.90 Å². The second-order valence-electron chi connectivity index (χ2n) is 8.66. The lowest BCUT2D eigenvalue weighted by molar-refractivity contribution is -0.159. The summed E-state index contributed by atoms with van der Waals surface area (Å²) >= 11 is 0. The van der Waals surface area contributed by atoms with Crippen molar-refractivity contribution in [3.63, 3.8) is 0 Å². The van der Waals surface area contributed by atoms with Gasteiger partial charge in [0.2, 0.25) is 9.84 Å². The summed E-state index contributed by atoms with van der Waals surface area (Å²) in [5.74, 6) is -1.80. The van der Waals surface area contributed by atoms with Crippen LogP contribution in [0, 0.1) is 0 Å². The van der Waals surface area contributed by atoms with E-state index in [0.29, 0.717) is 5.75 Å². The fraction of sp³-hybridized carbons (Fsp3) is 0.500. The molecule has 1 fully saturated rings. The average Bonchev–Trinajstić information content (AvgIpc) is 2.72. The molecular formula is C22H28N2O8S. The van der Waals surface area contributed by atoms with Crippen LogP contribution >= 0.6 is 0 Å². The maximum absolute atomic E-state index is 13.3. The van der Waals surface area contributed by atoms with Gasteiger partial charge in [0.15, 0.2) is 17.4 Å². The Morgan fingerprint density at radius 1 is 1.15 bits per heavy atom. The van der Waals surface area contributed by atoms with Gasteiger partial charge in [-0.3, -0.25) is 14.5 Å². The Morgan fingerprint density at radius 2 is 1.79 bits per heavy atom. The molecule has 1 aromatic rings. The van der Waals surface area contributed by atoms with E-state index in [1.165, 1.54) is 6.92 Å². The molecule has 33 heavy (non-hydrogen) atoms. The van der Waals surface area contributed by atoms with Gasteiger partial charge in [-0.25, -0.2) is 13.2 Å². The number of benzene rings is 1. The lowest BCUT2D eigenvalue weighted by Crippen LogP contribution is -2.76. The Morgan fingerprint density at radius 3 is 2.36 bits per heavy atom. The number of para-hydroxylation sites is 1. The third-order valence-electron chi connectivity index (χ3n) is 4.99. The van der Waals surface area contributed by atoms with Crippen LogP contribution in [0.1, 0.15) is 34.6 Å². The molecule has 1 aromatic carbocycles. The van der Waals surface area contributed by atoms with Gasteiger partial charge in [0, 0.05) is 12.2 Å². The molecule has 180 valence electrons. The van der Waals surface area contributed by atoms with Gasteiger partial charge >= 0.3 is 5.97 Å². The third kappa shape index (κ3) is 4.88. The van der Waals surface area contributed by atoms with Gasteiger partial charge in [-0.15, -0.1) is 0 Å². The van der Waals surface area contributed by atoms with Crippen molar-refractivity contribution in [2.75, 3.05) is 13.2 Å². The summed E-state index contributed by atoms with van der Waals surface area (Å²) in [6.07, 6.45) is 0. The van der Waals surface area contributed by atoms with Crippen molar-refractivity contribution in [1.82, 2.24) is 10.2 Å². The van der Waals surface area contributed by atoms with E-state index >= 15 is 0 Å². The van der Waals surface area contributed by atoms with Gasteiger partial charge < -0.3 is 19.5 Å². The number of hydrogen-bond donors (Lipinski definition) is 1. The Labute approximate surface area is 192 Å². The highest BCUT2D eigenvalue weighted by Gasteiger charge is 2.63. The standard InChI is InChI=1S/C22H28N2O8S/c1-6-30-21-13(2)17(20(27)32-22(3,4)5)24-18(26)16(19(24)33(21,28)29)23-15(25)12-31-14-10-8-7-9-11-14/h7-11,16,19,21H,6,12H2,1-5H3,(H,23,25)/t16-,19-,21?/m1/s1. The highest BCUT2D eigenvalue weighted by molar-refractivity contribution is 7.92. The molecule has 11 heteroatoms. The first kappa shape index (κ1) is 24.7. The van der Waals surface area contributed by atoms with E-state index in [-0.39, 0.29) is 17.9 Å². The Bertz CT molecular complexity index is 1080. The number of β-lactam (4-membered cyclic amide) rings is 1. The number of hydrogen-bond acceptors (Lipinski definition) is 8. The van der Waals surface area contributed by atoms with Crippen molar-refractivity contribution in [2.45, 2.75) is 57.1 Å². The Hall–Kier alpha value is -2.92. The van der Waals surface area contributed by atoms with Crippen LogP contribution in [0.4, 0.5) is 0 Å². The SMILES string of the molecule is CCOC1C(C)=C(C(=O)OC(C)(C)C)N2C(=O)[C@@H](NC(=O)COc3ccccc3)[C@H]2S1(=O)=O. The molecule has 0 aliphatic carbocycles. The first-order valence-corrected chi connectivity index (χ1v) is 12.1. The molecule has 0 spiro atoms. The van der Waals surface area contributed by atoms with Crippen molar-refractivity contribution < 1.29 is 37.0 Å². The maximum Gasteiger partial charge on any atom is 0.355 e. The molecule has 0 aromatic heterocycles. The zero-order valence-electron chi connectivity index (χ0n) is 19.2. The number of nitrogens with zero attached hydrogens (tertiary/aromatic N) is 1. The largest absolute Gasteiger partial charge is 0.484 e. The second kappa shape index (κ2) is 9.14. The van der Waals surface area contributed by atoms with E-state index in [4.69, 9.17) is 14.2 Å².